The summed E-state index contributed by atoms with van der Waals surface area (Å²) in [5.41, 5.74) is 0.715. The number of pyridine rings is 1. The lowest BCUT2D eigenvalue weighted by Crippen LogP contribution is -2.38. The Morgan fingerprint density at radius 1 is 1.31 bits per heavy atom. The lowest BCUT2D eigenvalue weighted by atomic mass is 10.3. The van der Waals surface area contributed by atoms with Crippen molar-refractivity contribution in [2.75, 3.05) is 19.7 Å². The molecule has 142 valence electrons. The normalized spacial score (nSPS) is 12.1. The Morgan fingerprint density at radius 3 is 2.85 bits per heavy atom. The second-order valence-electron chi connectivity index (χ2n) is 5.36. The zero-order valence-corrected chi connectivity index (χ0v) is 15.2. The molecule has 9 heteroatoms. The van der Waals surface area contributed by atoms with Crippen molar-refractivity contribution < 1.29 is 17.9 Å². The first-order valence-corrected chi connectivity index (χ1v) is 9.03. The predicted octanol–water partition coefficient (Wildman–Crippen LogP) is 3.38. The third-order valence-corrected chi connectivity index (χ3v) is 4.13. The van der Waals surface area contributed by atoms with Gasteiger partial charge in [0.25, 0.3) is 0 Å². The van der Waals surface area contributed by atoms with Crippen molar-refractivity contribution in [3.05, 3.63) is 46.3 Å². The highest BCUT2D eigenvalue weighted by Crippen LogP contribution is 2.17. The van der Waals surface area contributed by atoms with Crippen LogP contribution >= 0.6 is 11.3 Å². The van der Waals surface area contributed by atoms with Gasteiger partial charge in [-0.2, -0.15) is 13.2 Å². The van der Waals surface area contributed by atoms with Crippen LogP contribution < -0.4 is 15.4 Å². The molecule has 0 radical (unpaired) electrons. The van der Waals surface area contributed by atoms with Gasteiger partial charge in [-0.05, 0) is 36.4 Å². The molecule has 0 amide bonds. The number of rotatable bonds is 8. The number of aliphatic imine (C=N–C) groups is 1. The smallest absolute Gasteiger partial charge is 0.422 e. The van der Waals surface area contributed by atoms with Crippen LogP contribution in [0.2, 0.25) is 0 Å². The minimum atomic E-state index is -4.39. The van der Waals surface area contributed by atoms with Crippen molar-refractivity contribution >= 4 is 17.3 Å². The first kappa shape index (κ1) is 20.0. The third kappa shape index (κ3) is 7.73. The number of thiophene rings is 1. The molecule has 0 aliphatic rings. The zero-order chi connectivity index (χ0) is 18.8. The fraction of sp³-hybridized carbons (Fsp3) is 0.412. The van der Waals surface area contributed by atoms with E-state index in [1.165, 1.54) is 17.1 Å². The van der Waals surface area contributed by atoms with E-state index >= 15 is 0 Å². The lowest BCUT2D eigenvalue weighted by Gasteiger charge is -2.11. The highest BCUT2D eigenvalue weighted by atomic mass is 32.1. The number of guanidine groups is 1. The number of nitrogens with one attached hydrogen (secondary N) is 2. The fourth-order valence-electron chi connectivity index (χ4n) is 2.05. The van der Waals surface area contributed by atoms with Crippen molar-refractivity contribution in [2.24, 2.45) is 4.99 Å². The molecular formula is C17H21F3N4OS. The van der Waals surface area contributed by atoms with E-state index in [2.05, 4.69) is 31.4 Å². The number of nitrogens with zero attached hydrogens (tertiary/aromatic N) is 2. The highest BCUT2D eigenvalue weighted by molar-refractivity contribution is 7.09. The molecule has 2 rings (SSSR count). The van der Waals surface area contributed by atoms with Crippen LogP contribution in [0.4, 0.5) is 13.2 Å². The van der Waals surface area contributed by atoms with E-state index in [0.29, 0.717) is 24.6 Å². The van der Waals surface area contributed by atoms with Gasteiger partial charge in [-0.3, -0.25) is 0 Å². The Bertz CT molecular complexity index is 690. The first-order valence-electron chi connectivity index (χ1n) is 8.15. The third-order valence-electron chi connectivity index (χ3n) is 3.19. The maximum absolute atomic E-state index is 12.2. The van der Waals surface area contributed by atoms with Crippen LogP contribution in [0, 0.1) is 0 Å². The first-order chi connectivity index (χ1) is 12.5. The molecule has 0 unspecified atom stereocenters. The standard InChI is InChI=1S/C17H21F3N4OS/c1-2-21-16(23-8-6-14-4-3-9-26-14)24-11-13-5-7-22-15(10-13)25-12-17(18,19)20/h3-5,7,9-10H,2,6,8,11-12H2,1H3,(H2,21,23,24). The summed E-state index contributed by atoms with van der Waals surface area (Å²) in [5.74, 6) is 0.587. The van der Waals surface area contributed by atoms with Crippen molar-refractivity contribution in [2.45, 2.75) is 26.1 Å². The second kappa shape index (κ2) is 10.0. The molecule has 2 aromatic rings. The summed E-state index contributed by atoms with van der Waals surface area (Å²) in [5, 5.41) is 8.42. The molecule has 0 saturated carbocycles. The predicted molar refractivity (Wildman–Crippen MR) is 96.6 cm³/mol. The van der Waals surface area contributed by atoms with E-state index in [1.54, 1.807) is 17.4 Å². The Kier molecular flexibility index (Phi) is 7.71. The number of hydrogen-bond donors (Lipinski definition) is 2. The Labute approximate surface area is 154 Å². The summed E-state index contributed by atoms with van der Waals surface area (Å²) in [4.78, 5) is 9.51. The number of aromatic nitrogens is 1. The Balaban J connectivity index is 1.89. The topological polar surface area (TPSA) is 58.5 Å². The molecule has 5 nitrogen and oxygen atoms in total. The minimum Gasteiger partial charge on any atom is -0.468 e. The molecule has 2 aromatic heterocycles. The van der Waals surface area contributed by atoms with Crippen LogP contribution in [0.5, 0.6) is 5.88 Å². The molecule has 0 spiro atoms. The Morgan fingerprint density at radius 2 is 2.15 bits per heavy atom. The van der Waals surface area contributed by atoms with Gasteiger partial charge in [-0.1, -0.05) is 6.07 Å². The summed E-state index contributed by atoms with van der Waals surface area (Å²) >= 11 is 1.70. The van der Waals surface area contributed by atoms with Gasteiger partial charge in [0, 0.05) is 30.2 Å². The highest BCUT2D eigenvalue weighted by Gasteiger charge is 2.28. The molecule has 0 fully saturated rings. The van der Waals surface area contributed by atoms with Gasteiger partial charge >= 0.3 is 6.18 Å². The van der Waals surface area contributed by atoms with E-state index in [1.807, 2.05) is 18.4 Å². The molecule has 0 saturated heterocycles. The number of hydrogen-bond acceptors (Lipinski definition) is 4. The van der Waals surface area contributed by atoms with Crippen molar-refractivity contribution in [1.29, 1.82) is 0 Å². The van der Waals surface area contributed by atoms with Crippen LogP contribution in [0.3, 0.4) is 0 Å². The van der Waals surface area contributed by atoms with Gasteiger partial charge in [-0.25, -0.2) is 9.98 Å². The summed E-state index contributed by atoms with van der Waals surface area (Å²) in [6.07, 6.45) is -2.08. The Hall–Kier alpha value is -2.29. The number of ether oxygens (including phenoxy) is 1. The van der Waals surface area contributed by atoms with E-state index in [-0.39, 0.29) is 5.88 Å². The number of alkyl halides is 3. The summed E-state index contributed by atoms with van der Waals surface area (Å²) in [6.45, 7) is 2.36. The monoisotopic (exact) mass is 386 g/mol. The fourth-order valence-corrected chi connectivity index (χ4v) is 2.76. The maximum Gasteiger partial charge on any atom is 0.422 e. The van der Waals surface area contributed by atoms with Gasteiger partial charge in [-0.15, -0.1) is 11.3 Å². The quantitative estimate of drug-likeness (QED) is 0.539. The van der Waals surface area contributed by atoms with Crippen LogP contribution in [0.15, 0.2) is 40.8 Å². The summed E-state index contributed by atoms with van der Waals surface area (Å²) in [6, 6.07) is 7.25. The van der Waals surface area contributed by atoms with E-state index in [0.717, 1.165) is 13.0 Å². The zero-order valence-electron chi connectivity index (χ0n) is 14.3. The molecular weight excluding hydrogens is 365 g/mol. The van der Waals surface area contributed by atoms with Crippen molar-refractivity contribution in [3.8, 4) is 5.88 Å². The summed E-state index contributed by atoms with van der Waals surface area (Å²) < 4.78 is 41.3. The average Bonchev–Trinajstić information content (AvgIpc) is 3.11. The van der Waals surface area contributed by atoms with E-state index in [9.17, 15) is 13.2 Å². The summed E-state index contributed by atoms with van der Waals surface area (Å²) in [7, 11) is 0. The second-order valence-corrected chi connectivity index (χ2v) is 6.39. The molecule has 2 heterocycles. The largest absolute Gasteiger partial charge is 0.468 e. The van der Waals surface area contributed by atoms with Crippen molar-refractivity contribution in [3.63, 3.8) is 0 Å². The molecule has 2 N–H and O–H groups in total. The van der Waals surface area contributed by atoms with Crippen LogP contribution in [-0.2, 0) is 13.0 Å². The molecule has 0 atom stereocenters. The van der Waals surface area contributed by atoms with E-state index < -0.39 is 12.8 Å². The van der Waals surface area contributed by atoms with Gasteiger partial charge in [0.15, 0.2) is 12.6 Å². The minimum absolute atomic E-state index is 0.0642. The molecule has 0 aliphatic carbocycles. The molecule has 0 aliphatic heterocycles. The van der Waals surface area contributed by atoms with Gasteiger partial charge in [0.1, 0.15) is 0 Å². The molecule has 0 bridgehead atoms. The maximum atomic E-state index is 12.2. The van der Waals surface area contributed by atoms with Crippen LogP contribution in [-0.4, -0.2) is 36.8 Å². The van der Waals surface area contributed by atoms with Crippen LogP contribution in [0.25, 0.3) is 0 Å². The SMILES string of the molecule is CCNC(=NCc1ccnc(OCC(F)(F)F)c1)NCCc1cccs1. The lowest BCUT2D eigenvalue weighted by molar-refractivity contribution is -0.154. The van der Waals surface area contributed by atoms with Crippen LogP contribution in [0.1, 0.15) is 17.4 Å². The molecule has 0 aromatic carbocycles. The average molecular weight is 386 g/mol. The van der Waals surface area contributed by atoms with Crippen molar-refractivity contribution in [1.82, 2.24) is 15.6 Å². The number of halogens is 3. The van der Waals surface area contributed by atoms with Gasteiger partial charge < -0.3 is 15.4 Å². The molecule has 26 heavy (non-hydrogen) atoms. The van der Waals surface area contributed by atoms with E-state index in [4.69, 9.17) is 0 Å². The van der Waals surface area contributed by atoms with Gasteiger partial charge in [0.2, 0.25) is 5.88 Å². The van der Waals surface area contributed by atoms with Gasteiger partial charge in [0.05, 0.1) is 6.54 Å².